The summed E-state index contributed by atoms with van der Waals surface area (Å²) in [7, 11) is 0. The number of rotatable bonds is 6. The lowest BCUT2D eigenvalue weighted by Crippen LogP contribution is -2.16. The van der Waals surface area contributed by atoms with E-state index in [1.807, 2.05) is 0 Å². The molecule has 4 nitrogen and oxygen atoms in total. The zero-order valence-corrected chi connectivity index (χ0v) is 11.9. The Hall–Kier alpha value is -1.84. The number of aromatic carboxylic acids is 1. The van der Waals surface area contributed by atoms with Crippen molar-refractivity contribution in [3.8, 4) is 0 Å². The minimum Gasteiger partial charge on any atom is -0.478 e. The van der Waals surface area contributed by atoms with E-state index in [0.717, 1.165) is 37.9 Å². The van der Waals surface area contributed by atoms with E-state index in [0.29, 0.717) is 17.3 Å². The number of carboxylic acid groups (broad SMARTS) is 1. The molecule has 2 N–H and O–H groups in total. The molecule has 0 spiro atoms. The Morgan fingerprint density at radius 1 is 1.45 bits per heavy atom. The highest BCUT2D eigenvalue weighted by atomic mass is 16.4. The van der Waals surface area contributed by atoms with Gasteiger partial charge in [-0.3, -0.25) is 0 Å². The lowest BCUT2D eigenvalue weighted by molar-refractivity contribution is 0.0696. The molecule has 0 aliphatic heterocycles. The molecule has 0 amide bonds. The molecular formula is C16H22N2O2. The summed E-state index contributed by atoms with van der Waals surface area (Å²) in [5.74, 6) is 0.404. The average molecular weight is 274 g/mol. The van der Waals surface area contributed by atoms with Crippen molar-refractivity contribution in [2.45, 2.75) is 39.0 Å². The molecule has 0 saturated heterocycles. The van der Waals surface area contributed by atoms with Crippen molar-refractivity contribution in [2.24, 2.45) is 5.92 Å². The zero-order valence-electron chi connectivity index (χ0n) is 11.9. The monoisotopic (exact) mass is 274 g/mol. The first kappa shape index (κ1) is 14.6. The summed E-state index contributed by atoms with van der Waals surface area (Å²) < 4.78 is 0. The number of anilines is 1. The number of aromatic nitrogens is 1. The van der Waals surface area contributed by atoms with Crippen LogP contribution in [0.25, 0.3) is 0 Å². The summed E-state index contributed by atoms with van der Waals surface area (Å²) >= 11 is 0. The normalized spacial score (nSPS) is 17.9. The highest BCUT2D eigenvalue weighted by Gasteiger charge is 2.12. The first-order valence-corrected chi connectivity index (χ1v) is 7.32. The minimum atomic E-state index is -0.895. The van der Waals surface area contributed by atoms with Gasteiger partial charge in [0.1, 0.15) is 5.82 Å². The van der Waals surface area contributed by atoms with Gasteiger partial charge in [0.05, 0.1) is 5.56 Å². The van der Waals surface area contributed by atoms with E-state index in [1.165, 1.54) is 6.42 Å². The summed E-state index contributed by atoms with van der Waals surface area (Å²) in [4.78, 5) is 15.6. The molecule has 1 atom stereocenters. The zero-order chi connectivity index (χ0) is 14.4. The van der Waals surface area contributed by atoms with Gasteiger partial charge in [-0.25, -0.2) is 9.78 Å². The number of nitrogens with zero attached hydrogens (tertiary/aromatic N) is 1. The standard InChI is InChI=1S/C16H22N2O2/c1-2-6-14-9-13(16(19)20)10-15(18-14)17-11-12-7-4-3-5-8-12/h3-4,9-10,12H,2,5-8,11H2,1H3,(H,17,18)(H,19,20). The number of allylic oxidation sites excluding steroid dienone is 2. The quantitative estimate of drug-likeness (QED) is 0.779. The number of carboxylic acids is 1. The largest absolute Gasteiger partial charge is 0.478 e. The molecule has 0 fully saturated rings. The van der Waals surface area contributed by atoms with Gasteiger partial charge < -0.3 is 10.4 Å². The molecule has 1 aliphatic rings. The maximum absolute atomic E-state index is 11.2. The van der Waals surface area contributed by atoms with Crippen molar-refractivity contribution in [3.05, 3.63) is 35.5 Å². The first-order chi connectivity index (χ1) is 9.69. The summed E-state index contributed by atoms with van der Waals surface area (Å²) in [6.07, 6.45) is 9.62. The van der Waals surface area contributed by atoms with Crippen molar-refractivity contribution in [3.63, 3.8) is 0 Å². The van der Waals surface area contributed by atoms with Gasteiger partial charge in [-0.1, -0.05) is 25.5 Å². The van der Waals surface area contributed by atoms with Gasteiger partial charge >= 0.3 is 5.97 Å². The fraction of sp³-hybridized carbons (Fsp3) is 0.500. The van der Waals surface area contributed by atoms with E-state index < -0.39 is 5.97 Å². The molecule has 0 aromatic carbocycles. The molecular weight excluding hydrogens is 252 g/mol. The van der Waals surface area contributed by atoms with Crippen LogP contribution in [0, 0.1) is 5.92 Å². The average Bonchev–Trinajstić information content (AvgIpc) is 2.46. The van der Waals surface area contributed by atoms with E-state index in [-0.39, 0.29) is 0 Å². The Morgan fingerprint density at radius 2 is 2.30 bits per heavy atom. The number of hydrogen-bond acceptors (Lipinski definition) is 3. The predicted molar refractivity (Wildman–Crippen MR) is 80.2 cm³/mol. The van der Waals surface area contributed by atoms with E-state index in [4.69, 9.17) is 5.11 Å². The first-order valence-electron chi connectivity index (χ1n) is 7.32. The van der Waals surface area contributed by atoms with Gasteiger partial charge in [-0.05, 0) is 43.7 Å². The van der Waals surface area contributed by atoms with Crippen LogP contribution in [-0.2, 0) is 6.42 Å². The molecule has 1 aromatic heterocycles. The lowest BCUT2D eigenvalue weighted by atomic mass is 9.94. The van der Waals surface area contributed by atoms with Crippen LogP contribution >= 0.6 is 0 Å². The van der Waals surface area contributed by atoms with Gasteiger partial charge in [-0.15, -0.1) is 0 Å². The number of carbonyl (C=O) groups is 1. The van der Waals surface area contributed by atoms with Crippen molar-refractivity contribution in [2.75, 3.05) is 11.9 Å². The molecule has 0 radical (unpaired) electrons. The molecule has 0 bridgehead atoms. The molecule has 1 unspecified atom stereocenters. The lowest BCUT2D eigenvalue weighted by Gasteiger charge is -2.18. The highest BCUT2D eigenvalue weighted by Crippen LogP contribution is 2.19. The number of pyridine rings is 1. The molecule has 1 heterocycles. The van der Waals surface area contributed by atoms with Gasteiger partial charge in [0.15, 0.2) is 0 Å². The van der Waals surface area contributed by atoms with Gasteiger partial charge in [0, 0.05) is 12.2 Å². The third kappa shape index (κ3) is 4.08. The Bertz CT molecular complexity index is 497. The van der Waals surface area contributed by atoms with Crippen LogP contribution in [0.3, 0.4) is 0 Å². The van der Waals surface area contributed by atoms with Crippen molar-refractivity contribution < 1.29 is 9.90 Å². The smallest absolute Gasteiger partial charge is 0.335 e. The van der Waals surface area contributed by atoms with Crippen molar-refractivity contribution >= 4 is 11.8 Å². The molecule has 20 heavy (non-hydrogen) atoms. The predicted octanol–water partition coefficient (Wildman–Crippen LogP) is 3.50. The third-order valence-electron chi connectivity index (χ3n) is 3.58. The number of hydrogen-bond donors (Lipinski definition) is 2. The molecule has 2 rings (SSSR count). The summed E-state index contributed by atoms with van der Waals surface area (Å²) in [5, 5.41) is 12.5. The maximum atomic E-state index is 11.2. The summed E-state index contributed by atoms with van der Waals surface area (Å²) in [6, 6.07) is 3.29. The number of nitrogens with one attached hydrogen (secondary N) is 1. The fourth-order valence-corrected chi connectivity index (χ4v) is 2.48. The molecule has 4 heteroatoms. The van der Waals surface area contributed by atoms with E-state index >= 15 is 0 Å². The number of aryl methyl sites for hydroxylation is 1. The molecule has 108 valence electrons. The fourth-order valence-electron chi connectivity index (χ4n) is 2.48. The van der Waals surface area contributed by atoms with Crippen molar-refractivity contribution in [1.82, 2.24) is 4.98 Å². The van der Waals surface area contributed by atoms with Crippen LogP contribution in [0.2, 0.25) is 0 Å². The minimum absolute atomic E-state index is 0.314. The second-order valence-electron chi connectivity index (χ2n) is 5.32. The Balaban J connectivity index is 2.05. The van der Waals surface area contributed by atoms with Gasteiger partial charge in [0.2, 0.25) is 0 Å². The highest BCUT2D eigenvalue weighted by molar-refractivity contribution is 5.88. The van der Waals surface area contributed by atoms with Gasteiger partial charge in [-0.2, -0.15) is 0 Å². The van der Waals surface area contributed by atoms with Gasteiger partial charge in [0.25, 0.3) is 0 Å². The van der Waals surface area contributed by atoms with E-state index in [2.05, 4.69) is 29.4 Å². The SMILES string of the molecule is CCCc1cc(C(=O)O)cc(NCC2CC=CCC2)n1. The molecule has 1 aliphatic carbocycles. The third-order valence-corrected chi connectivity index (χ3v) is 3.58. The van der Waals surface area contributed by atoms with Crippen LogP contribution in [0.1, 0.15) is 48.7 Å². The second kappa shape index (κ2) is 7.08. The van der Waals surface area contributed by atoms with Crippen molar-refractivity contribution in [1.29, 1.82) is 0 Å². The molecule has 0 saturated carbocycles. The van der Waals surface area contributed by atoms with Crippen LogP contribution in [0.4, 0.5) is 5.82 Å². The summed E-state index contributed by atoms with van der Waals surface area (Å²) in [5.41, 5.74) is 1.16. The Labute approximate surface area is 119 Å². The topological polar surface area (TPSA) is 62.2 Å². The van der Waals surface area contributed by atoms with Crippen LogP contribution < -0.4 is 5.32 Å². The van der Waals surface area contributed by atoms with E-state index in [1.54, 1.807) is 12.1 Å². The van der Waals surface area contributed by atoms with Crippen LogP contribution in [-0.4, -0.2) is 22.6 Å². The maximum Gasteiger partial charge on any atom is 0.335 e. The Morgan fingerprint density at radius 3 is 2.95 bits per heavy atom. The molecule has 1 aromatic rings. The van der Waals surface area contributed by atoms with Crippen LogP contribution in [0.5, 0.6) is 0 Å². The summed E-state index contributed by atoms with van der Waals surface area (Å²) in [6.45, 7) is 2.92. The van der Waals surface area contributed by atoms with E-state index in [9.17, 15) is 4.79 Å². The van der Waals surface area contributed by atoms with Crippen LogP contribution in [0.15, 0.2) is 24.3 Å². The second-order valence-corrected chi connectivity index (χ2v) is 5.32. The Kier molecular flexibility index (Phi) is 5.16.